The third-order valence-electron chi connectivity index (χ3n) is 3.49. The molecule has 0 aliphatic rings. The molecule has 0 fully saturated rings. The number of carboxylic acid groups (broad SMARTS) is 1. The van der Waals surface area contributed by atoms with Crippen molar-refractivity contribution in [1.82, 2.24) is 5.43 Å². The number of carbonyl (C=O) groups is 2. The van der Waals surface area contributed by atoms with Crippen LogP contribution in [0.4, 0.5) is 0 Å². The van der Waals surface area contributed by atoms with Crippen molar-refractivity contribution in [3.05, 3.63) is 59.2 Å². The van der Waals surface area contributed by atoms with E-state index < -0.39 is 12.6 Å². The standard InChI is InChI=1S/C19H20N2O5/c1-13-3-6-17(9-14(13)2)25-11-18(22)21-20-10-15-4-7-16(8-5-15)26-12-19(23)24/h3-10H,11-12H2,1-2H3,(H,21,22)(H,23,24). The normalized spacial score (nSPS) is 10.5. The number of benzene rings is 2. The Balaban J connectivity index is 1.77. The van der Waals surface area contributed by atoms with Crippen LogP contribution in [-0.2, 0) is 9.59 Å². The van der Waals surface area contributed by atoms with Gasteiger partial charge in [0.05, 0.1) is 6.21 Å². The predicted molar refractivity (Wildman–Crippen MR) is 96.7 cm³/mol. The molecular weight excluding hydrogens is 336 g/mol. The minimum atomic E-state index is -1.04. The van der Waals surface area contributed by atoms with Crippen LogP contribution in [0.2, 0.25) is 0 Å². The number of carbonyl (C=O) groups excluding carboxylic acids is 1. The van der Waals surface area contributed by atoms with E-state index in [9.17, 15) is 9.59 Å². The topological polar surface area (TPSA) is 97.2 Å². The van der Waals surface area contributed by atoms with Gasteiger partial charge in [-0.15, -0.1) is 0 Å². The molecule has 136 valence electrons. The Morgan fingerprint density at radius 1 is 1.00 bits per heavy atom. The molecule has 2 aromatic rings. The molecule has 1 amide bonds. The maximum atomic E-state index is 11.7. The first-order chi connectivity index (χ1) is 12.4. The Kier molecular flexibility index (Phi) is 6.73. The van der Waals surface area contributed by atoms with Crippen LogP contribution in [0.15, 0.2) is 47.6 Å². The Morgan fingerprint density at radius 3 is 2.31 bits per heavy atom. The maximum absolute atomic E-state index is 11.7. The third kappa shape index (κ3) is 6.27. The summed E-state index contributed by atoms with van der Waals surface area (Å²) in [5.74, 6) is -0.346. The van der Waals surface area contributed by atoms with E-state index in [4.69, 9.17) is 14.6 Å². The van der Waals surface area contributed by atoms with Crippen molar-refractivity contribution >= 4 is 18.1 Å². The first-order valence-electron chi connectivity index (χ1n) is 7.90. The zero-order valence-corrected chi connectivity index (χ0v) is 14.6. The van der Waals surface area contributed by atoms with Crippen LogP contribution < -0.4 is 14.9 Å². The van der Waals surface area contributed by atoms with Crippen molar-refractivity contribution in [2.24, 2.45) is 5.10 Å². The van der Waals surface area contributed by atoms with Crippen molar-refractivity contribution in [1.29, 1.82) is 0 Å². The van der Waals surface area contributed by atoms with Gasteiger partial charge in [0, 0.05) is 0 Å². The number of aliphatic carboxylic acids is 1. The number of nitrogens with one attached hydrogen (secondary N) is 1. The van der Waals surface area contributed by atoms with Crippen molar-refractivity contribution in [2.75, 3.05) is 13.2 Å². The van der Waals surface area contributed by atoms with Crippen LogP contribution in [0.25, 0.3) is 0 Å². The summed E-state index contributed by atoms with van der Waals surface area (Å²) >= 11 is 0. The minimum Gasteiger partial charge on any atom is -0.484 e. The van der Waals surface area contributed by atoms with Gasteiger partial charge in [-0.05, 0) is 66.9 Å². The van der Waals surface area contributed by atoms with E-state index in [-0.39, 0.29) is 12.5 Å². The van der Waals surface area contributed by atoms with E-state index in [1.54, 1.807) is 24.3 Å². The molecule has 7 heteroatoms. The number of rotatable bonds is 8. The number of nitrogens with zero attached hydrogens (tertiary/aromatic N) is 1. The molecule has 0 atom stereocenters. The molecule has 2 N–H and O–H groups in total. The van der Waals surface area contributed by atoms with Gasteiger partial charge >= 0.3 is 5.97 Å². The van der Waals surface area contributed by atoms with Crippen LogP contribution in [0.1, 0.15) is 16.7 Å². The summed E-state index contributed by atoms with van der Waals surface area (Å²) in [5, 5.41) is 12.4. The SMILES string of the molecule is Cc1ccc(OCC(=O)NN=Cc2ccc(OCC(=O)O)cc2)cc1C. The molecule has 0 aliphatic carbocycles. The van der Waals surface area contributed by atoms with E-state index in [2.05, 4.69) is 10.5 Å². The van der Waals surface area contributed by atoms with Gasteiger partial charge in [-0.25, -0.2) is 10.2 Å². The average molecular weight is 356 g/mol. The average Bonchev–Trinajstić information content (AvgIpc) is 2.62. The Morgan fingerprint density at radius 2 is 1.65 bits per heavy atom. The fourth-order valence-electron chi connectivity index (χ4n) is 1.96. The summed E-state index contributed by atoms with van der Waals surface area (Å²) in [5.41, 5.74) is 5.36. The number of hydrogen-bond donors (Lipinski definition) is 2. The van der Waals surface area contributed by atoms with Gasteiger partial charge < -0.3 is 14.6 Å². The number of hydrogen-bond acceptors (Lipinski definition) is 5. The second kappa shape index (κ2) is 9.22. The van der Waals surface area contributed by atoms with Gasteiger partial charge in [-0.2, -0.15) is 5.10 Å². The van der Waals surface area contributed by atoms with Crippen molar-refractivity contribution in [3.8, 4) is 11.5 Å². The highest BCUT2D eigenvalue weighted by molar-refractivity contribution is 5.83. The zero-order valence-electron chi connectivity index (χ0n) is 14.6. The number of carboxylic acids is 1. The van der Waals surface area contributed by atoms with E-state index in [0.717, 1.165) is 16.7 Å². The molecule has 7 nitrogen and oxygen atoms in total. The predicted octanol–water partition coefficient (Wildman–Crippen LogP) is 2.30. The van der Waals surface area contributed by atoms with Gasteiger partial charge in [-0.1, -0.05) is 6.07 Å². The van der Waals surface area contributed by atoms with Crippen LogP contribution in [0.3, 0.4) is 0 Å². The van der Waals surface area contributed by atoms with E-state index in [1.807, 2.05) is 32.0 Å². The Labute approximate surface area is 151 Å². The molecule has 0 aliphatic heterocycles. The molecule has 0 bridgehead atoms. The highest BCUT2D eigenvalue weighted by Crippen LogP contribution is 2.16. The lowest BCUT2D eigenvalue weighted by Gasteiger charge is -2.07. The quantitative estimate of drug-likeness (QED) is 0.559. The number of aryl methyl sites for hydroxylation is 2. The number of hydrazone groups is 1. The van der Waals surface area contributed by atoms with Gasteiger partial charge in [0.2, 0.25) is 0 Å². The highest BCUT2D eigenvalue weighted by Gasteiger charge is 2.03. The van der Waals surface area contributed by atoms with Gasteiger partial charge in [0.1, 0.15) is 11.5 Å². The molecular formula is C19H20N2O5. The first-order valence-corrected chi connectivity index (χ1v) is 7.90. The second-order valence-corrected chi connectivity index (χ2v) is 5.58. The smallest absolute Gasteiger partial charge is 0.341 e. The zero-order chi connectivity index (χ0) is 18.9. The lowest BCUT2D eigenvalue weighted by Crippen LogP contribution is -2.24. The molecule has 26 heavy (non-hydrogen) atoms. The molecule has 0 spiro atoms. The highest BCUT2D eigenvalue weighted by atomic mass is 16.5. The lowest BCUT2D eigenvalue weighted by molar-refractivity contribution is -0.139. The van der Waals surface area contributed by atoms with Crippen molar-refractivity contribution in [3.63, 3.8) is 0 Å². The fourth-order valence-corrected chi connectivity index (χ4v) is 1.96. The second-order valence-electron chi connectivity index (χ2n) is 5.58. The van der Waals surface area contributed by atoms with Gasteiger partial charge in [0.25, 0.3) is 5.91 Å². The summed E-state index contributed by atoms with van der Waals surface area (Å²) < 4.78 is 10.4. The summed E-state index contributed by atoms with van der Waals surface area (Å²) in [7, 11) is 0. The molecule has 2 aromatic carbocycles. The van der Waals surface area contributed by atoms with Crippen molar-refractivity contribution in [2.45, 2.75) is 13.8 Å². The molecule has 0 aromatic heterocycles. The maximum Gasteiger partial charge on any atom is 0.341 e. The summed E-state index contributed by atoms with van der Waals surface area (Å²) in [4.78, 5) is 22.2. The van der Waals surface area contributed by atoms with Crippen LogP contribution in [0, 0.1) is 13.8 Å². The molecule has 0 saturated carbocycles. The molecule has 0 saturated heterocycles. The summed E-state index contributed by atoms with van der Waals surface area (Å²) in [6, 6.07) is 12.2. The van der Waals surface area contributed by atoms with E-state index in [0.29, 0.717) is 11.5 Å². The monoisotopic (exact) mass is 356 g/mol. The Hall–Kier alpha value is -3.35. The fraction of sp³-hybridized carbons (Fsp3) is 0.211. The molecule has 0 unspecified atom stereocenters. The van der Waals surface area contributed by atoms with Gasteiger partial charge in [0.15, 0.2) is 13.2 Å². The van der Waals surface area contributed by atoms with Gasteiger partial charge in [-0.3, -0.25) is 4.79 Å². The third-order valence-corrected chi connectivity index (χ3v) is 3.49. The van der Waals surface area contributed by atoms with Crippen LogP contribution >= 0.6 is 0 Å². The van der Waals surface area contributed by atoms with E-state index in [1.165, 1.54) is 6.21 Å². The molecule has 0 heterocycles. The Bertz CT molecular complexity index is 800. The summed E-state index contributed by atoms with van der Waals surface area (Å²) in [6.07, 6.45) is 1.47. The summed E-state index contributed by atoms with van der Waals surface area (Å²) in [6.45, 7) is 3.45. The van der Waals surface area contributed by atoms with E-state index >= 15 is 0 Å². The van der Waals surface area contributed by atoms with Crippen LogP contribution in [-0.4, -0.2) is 36.4 Å². The number of ether oxygens (including phenoxy) is 2. The number of amides is 1. The van der Waals surface area contributed by atoms with Crippen molar-refractivity contribution < 1.29 is 24.2 Å². The largest absolute Gasteiger partial charge is 0.484 e. The first kappa shape index (κ1) is 19.0. The van der Waals surface area contributed by atoms with Crippen LogP contribution in [0.5, 0.6) is 11.5 Å². The lowest BCUT2D eigenvalue weighted by atomic mass is 10.1. The minimum absolute atomic E-state index is 0.137. The molecule has 0 radical (unpaired) electrons. The molecule has 2 rings (SSSR count).